The van der Waals surface area contributed by atoms with Crippen molar-refractivity contribution < 1.29 is 18.4 Å². The lowest BCUT2D eigenvalue weighted by atomic mass is 10.2. The number of carbonyl (C=O) groups is 1. The number of hydroxylamine groups is 1. The van der Waals surface area contributed by atoms with Crippen LogP contribution in [0.25, 0.3) is 0 Å². The highest BCUT2D eigenvalue weighted by atomic mass is 33.1. The van der Waals surface area contributed by atoms with Crippen molar-refractivity contribution in [2.24, 2.45) is 0 Å². The van der Waals surface area contributed by atoms with E-state index in [0.717, 1.165) is 23.6 Å². The highest BCUT2D eigenvalue weighted by Crippen LogP contribution is 2.13. The van der Waals surface area contributed by atoms with E-state index < -0.39 is 14.8 Å². The van der Waals surface area contributed by atoms with Gasteiger partial charge < -0.3 is 0 Å². The van der Waals surface area contributed by atoms with Gasteiger partial charge in [-0.05, 0) is 23.6 Å². The van der Waals surface area contributed by atoms with E-state index in [0.29, 0.717) is 12.2 Å². The summed E-state index contributed by atoms with van der Waals surface area (Å²) in [5.74, 6) is 0.153. The average Bonchev–Trinajstić information content (AvgIpc) is 2.08. The maximum Gasteiger partial charge on any atom is 0.243 e. The first-order valence-electron chi connectivity index (χ1n) is 4.23. The zero-order valence-corrected chi connectivity index (χ0v) is 9.66. The van der Waals surface area contributed by atoms with Crippen LogP contribution in [0.1, 0.15) is 25.7 Å². The smallest absolute Gasteiger partial charge is 0.243 e. The highest BCUT2D eigenvalue weighted by molar-refractivity contribution is 8.71. The van der Waals surface area contributed by atoms with E-state index in [1.165, 1.54) is 6.26 Å². The molecule has 0 aliphatic carbocycles. The van der Waals surface area contributed by atoms with Crippen LogP contribution in [0, 0.1) is 0 Å². The number of hydrogen-bond donors (Lipinski definition) is 2. The molecule has 0 aliphatic rings. The largest absolute Gasteiger partial charge is 0.289 e. The van der Waals surface area contributed by atoms with Gasteiger partial charge in [-0.25, -0.2) is 13.9 Å². The fraction of sp³-hybridized carbons (Fsp3) is 0.857. The Morgan fingerprint density at radius 1 is 1.36 bits per heavy atom. The summed E-state index contributed by atoms with van der Waals surface area (Å²) in [7, 11) is -2.01. The fourth-order valence-electron chi connectivity index (χ4n) is 0.831. The lowest BCUT2D eigenvalue weighted by molar-refractivity contribution is -0.129. The molecule has 0 radical (unpaired) electrons. The van der Waals surface area contributed by atoms with Crippen LogP contribution in [0.15, 0.2) is 0 Å². The minimum Gasteiger partial charge on any atom is -0.289 e. The predicted octanol–water partition coefficient (Wildman–Crippen LogP) is 0.745. The van der Waals surface area contributed by atoms with Crippen molar-refractivity contribution in [3.05, 3.63) is 0 Å². The minimum absolute atomic E-state index is 0.278. The molecular weight excluding hydrogens is 226 g/mol. The van der Waals surface area contributed by atoms with Gasteiger partial charge in [-0.3, -0.25) is 10.0 Å². The Labute approximate surface area is 87.5 Å². The summed E-state index contributed by atoms with van der Waals surface area (Å²) in [5.41, 5.74) is 1.54. The van der Waals surface area contributed by atoms with Crippen LogP contribution >= 0.6 is 10.8 Å². The second-order valence-corrected chi connectivity index (χ2v) is 7.45. The number of rotatable bonds is 7. The highest BCUT2D eigenvalue weighted by Gasteiger charge is 2.02. The fourth-order valence-corrected chi connectivity index (χ4v) is 2.72. The van der Waals surface area contributed by atoms with Crippen LogP contribution in [0.2, 0.25) is 0 Å². The van der Waals surface area contributed by atoms with E-state index >= 15 is 0 Å². The molecule has 84 valence electrons. The second-order valence-electron chi connectivity index (χ2n) is 2.87. The van der Waals surface area contributed by atoms with Gasteiger partial charge in [-0.15, -0.1) is 0 Å². The molecule has 0 spiro atoms. The van der Waals surface area contributed by atoms with Gasteiger partial charge >= 0.3 is 0 Å². The van der Waals surface area contributed by atoms with E-state index in [9.17, 15) is 13.2 Å². The Kier molecular flexibility index (Phi) is 6.94. The number of unbranched alkanes of at least 4 members (excludes halogenated alkanes) is 2. The summed E-state index contributed by atoms with van der Waals surface area (Å²) in [5, 5.41) is 8.16. The lowest BCUT2D eigenvalue weighted by Gasteiger charge is -1.99. The van der Waals surface area contributed by atoms with Crippen LogP contribution in [0.3, 0.4) is 0 Å². The first kappa shape index (κ1) is 13.7. The van der Waals surface area contributed by atoms with E-state index in [4.69, 9.17) is 5.21 Å². The van der Waals surface area contributed by atoms with Crippen LogP contribution in [-0.4, -0.2) is 31.5 Å². The first-order valence-corrected chi connectivity index (χ1v) is 7.62. The summed E-state index contributed by atoms with van der Waals surface area (Å²) in [6, 6.07) is 0. The van der Waals surface area contributed by atoms with E-state index in [-0.39, 0.29) is 6.42 Å². The standard InChI is InChI=1S/C7H15NO4S2/c1-14(11,12)13-6-4-2-3-5-7(9)8-10/h10H,2-6H2,1H3,(H,8,9). The third-order valence-corrected chi connectivity index (χ3v) is 4.14. The van der Waals surface area contributed by atoms with Gasteiger partial charge in [0.25, 0.3) is 0 Å². The van der Waals surface area contributed by atoms with E-state index in [2.05, 4.69) is 0 Å². The molecule has 0 heterocycles. The number of nitrogens with one attached hydrogen (secondary N) is 1. The SMILES string of the molecule is CS(=O)(=O)SCCCCCC(=O)NO. The third-order valence-electron chi connectivity index (χ3n) is 1.47. The quantitative estimate of drug-likeness (QED) is 0.297. The zero-order chi connectivity index (χ0) is 11.0. The van der Waals surface area contributed by atoms with Gasteiger partial charge in [0.1, 0.15) is 0 Å². The molecule has 0 fully saturated rings. The minimum atomic E-state index is -2.93. The molecule has 1 amide bonds. The molecule has 0 saturated heterocycles. The molecule has 0 saturated carbocycles. The molecule has 5 nitrogen and oxygen atoms in total. The number of carbonyl (C=O) groups excluding carboxylic acids is 1. The van der Waals surface area contributed by atoms with Crippen molar-refractivity contribution in [1.82, 2.24) is 5.48 Å². The molecule has 7 heteroatoms. The summed E-state index contributed by atoms with van der Waals surface area (Å²) < 4.78 is 21.4. The third kappa shape index (κ3) is 9.82. The van der Waals surface area contributed by atoms with Crippen molar-refractivity contribution in [3.63, 3.8) is 0 Å². The molecule has 0 aliphatic heterocycles. The van der Waals surface area contributed by atoms with E-state index in [1.807, 2.05) is 0 Å². The number of amides is 1. The maximum atomic E-state index is 10.7. The molecule has 0 bridgehead atoms. The van der Waals surface area contributed by atoms with Gasteiger partial charge in [-0.2, -0.15) is 0 Å². The van der Waals surface area contributed by atoms with Crippen molar-refractivity contribution in [1.29, 1.82) is 0 Å². The van der Waals surface area contributed by atoms with Crippen molar-refractivity contribution in [2.75, 3.05) is 12.0 Å². The Morgan fingerprint density at radius 2 is 2.00 bits per heavy atom. The molecule has 14 heavy (non-hydrogen) atoms. The zero-order valence-electron chi connectivity index (χ0n) is 8.02. The van der Waals surface area contributed by atoms with E-state index in [1.54, 1.807) is 5.48 Å². The molecule has 0 atom stereocenters. The monoisotopic (exact) mass is 241 g/mol. The lowest BCUT2D eigenvalue weighted by Crippen LogP contribution is -2.17. The van der Waals surface area contributed by atoms with Gasteiger partial charge in [0.05, 0.1) is 0 Å². The first-order chi connectivity index (χ1) is 6.45. The molecule has 0 aromatic rings. The van der Waals surface area contributed by atoms with Crippen molar-refractivity contribution >= 4 is 25.6 Å². The normalized spacial score (nSPS) is 11.3. The molecule has 0 rings (SSSR count). The topological polar surface area (TPSA) is 83.5 Å². The summed E-state index contributed by atoms with van der Waals surface area (Å²) in [6.45, 7) is 0. The van der Waals surface area contributed by atoms with Crippen LogP contribution in [0.4, 0.5) is 0 Å². The maximum absolute atomic E-state index is 10.7. The summed E-state index contributed by atoms with van der Waals surface area (Å²) in [4.78, 5) is 10.5. The van der Waals surface area contributed by atoms with Crippen LogP contribution < -0.4 is 5.48 Å². The molecule has 0 unspecified atom stereocenters. The molecular formula is C7H15NO4S2. The molecule has 0 aromatic heterocycles. The van der Waals surface area contributed by atoms with Crippen molar-refractivity contribution in [2.45, 2.75) is 25.7 Å². The predicted molar refractivity (Wildman–Crippen MR) is 55.7 cm³/mol. The van der Waals surface area contributed by atoms with Gasteiger partial charge in [0, 0.05) is 18.4 Å². The summed E-state index contributed by atoms with van der Waals surface area (Å²) in [6.07, 6.45) is 3.67. The van der Waals surface area contributed by atoms with Gasteiger partial charge in [-0.1, -0.05) is 6.42 Å². The Bertz CT molecular complexity index is 263. The average molecular weight is 241 g/mol. The van der Waals surface area contributed by atoms with Crippen LogP contribution in [0.5, 0.6) is 0 Å². The number of hydrogen-bond acceptors (Lipinski definition) is 5. The van der Waals surface area contributed by atoms with Gasteiger partial charge in [0.2, 0.25) is 5.91 Å². The Balaban J connectivity index is 3.27. The van der Waals surface area contributed by atoms with Gasteiger partial charge in [0.15, 0.2) is 8.87 Å². The van der Waals surface area contributed by atoms with Crippen LogP contribution in [-0.2, 0) is 13.7 Å². The molecule has 0 aromatic carbocycles. The van der Waals surface area contributed by atoms with Crippen molar-refractivity contribution in [3.8, 4) is 0 Å². The summed E-state index contributed by atoms with van der Waals surface area (Å²) >= 11 is 0. The Morgan fingerprint density at radius 3 is 2.50 bits per heavy atom. The Hall–Kier alpha value is -0.270. The molecule has 2 N–H and O–H groups in total. The second kappa shape index (κ2) is 7.08.